The highest BCUT2D eigenvalue weighted by Gasteiger charge is 2.77. The molecule has 9 N–H and O–H groups in total. The number of aliphatic hydroxyl groups is 2. The summed E-state index contributed by atoms with van der Waals surface area (Å²) < 4.78 is 44.1. The summed E-state index contributed by atoms with van der Waals surface area (Å²) in [4.78, 5) is 46.5. The SMILES string of the molecule is NC1=N[C@@H](CN2C(=O)CCC2=O)[C@@H]2[NH+]=C(N)NC23N1C[C@H](OC(=O)NCCc1cccc(C(F)(F)F)c1)C3(O)O. The molecular formula is C23H28F3N8O6+. The average molecular weight is 570 g/mol. The molecule has 1 aromatic carbocycles. The number of nitrogens with one attached hydrogen (secondary N) is 3. The van der Waals surface area contributed by atoms with Crippen LogP contribution in [0.2, 0.25) is 0 Å². The van der Waals surface area contributed by atoms with Crippen molar-refractivity contribution in [1.29, 1.82) is 0 Å². The van der Waals surface area contributed by atoms with Crippen LogP contribution in [-0.4, -0.2) is 99.1 Å². The summed E-state index contributed by atoms with van der Waals surface area (Å²) in [5.74, 6) is -3.85. The van der Waals surface area contributed by atoms with Crippen LogP contribution in [0.1, 0.15) is 24.0 Å². The molecule has 2 saturated heterocycles. The number of alkyl halides is 3. The quantitative estimate of drug-likeness (QED) is 0.131. The van der Waals surface area contributed by atoms with E-state index in [1.165, 1.54) is 17.0 Å². The number of nitrogens with two attached hydrogens (primary N) is 2. The van der Waals surface area contributed by atoms with Crippen LogP contribution in [0, 0.1) is 0 Å². The lowest BCUT2D eigenvalue weighted by molar-refractivity contribution is -0.522. The number of rotatable bonds is 6. The summed E-state index contributed by atoms with van der Waals surface area (Å²) in [6.45, 7) is -0.618. The maximum atomic E-state index is 12.9. The van der Waals surface area contributed by atoms with Crippen LogP contribution in [0.5, 0.6) is 0 Å². The molecule has 1 spiro atoms. The van der Waals surface area contributed by atoms with E-state index in [1.54, 1.807) is 0 Å². The maximum Gasteiger partial charge on any atom is 0.416 e. The van der Waals surface area contributed by atoms with Crippen LogP contribution < -0.4 is 27.1 Å². The first-order valence-corrected chi connectivity index (χ1v) is 12.4. The molecule has 40 heavy (non-hydrogen) atoms. The minimum atomic E-state index is -4.51. The molecular weight excluding hydrogens is 541 g/mol. The van der Waals surface area contributed by atoms with Gasteiger partial charge >= 0.3 is 18.2 Å². The lowest BCUT2D eigenvalue weighted by Gasteiger charge is -2.46. The van der Waals surface area contributed by atoms with E-state index < -0.39 is 59.3 Å². The van der Waals surface area contributed by atoms with Gasteiger partial charge in [0.15, 0.2) is 18.1 Å². The number of nitrogens with zero attached hydrogens (tertiary/aromatic N) is 3. The number of alkyl carbamates (subject to hydrolysis) is 1. The fraction of sp³-hybridized carbons (Fsp3) is 0.522. The van der Waals surface area contributed by atoms with Crippen molar-refractivity contribution in [2.24, 2.45) is 16.5 Å². The number of carbonyl (C=O) groups is 3. The van der Waals surface area contributed by atoms with Gasteiger partial charge in [0, 0.05) is 19.4 Å². The van der Waals surface area contributed by atoms with Gasteiger partial charge in [-0.05, 0) is 18.1 Å². The number of aliphatic imine (C=N–C) groups is 1. The molecule has 5 rings (SSSR count). The number of halogens is 3. The van der Waals surface area contributed by atoms with E-state index in [9.17, 15) is 37.8 Å². The van der Waals surface area contributed by atoms with Crippen LogP contribution >= 0.6 is 0 Å². The fourth-order valence-electron chi connectivity index (χ4n) is 5.65. The average Bonchev–Trinajstić information content (AvgIpc) is 3.46. The van der Waals surface area contributed by atoms with Gasteiger partial charge in [-0.25, -0.2) is 15.1 Å². The molecule has 4 heterocycles. The summed E-state index contributed by atoms with van der Waals surface area (Å²) in [5.41, 5.74) is 9.74. The van der Waals surface area contributed by atoms with Crippen molar-refractivity contribution in [3.8, 4) is 0 Å². The third kappa shape index (κ3) is 4.43. The van der Waals surface area contributed by atoms with E-state index in [-0.39, 0.29) is 50.8 Å². The smallest absolute Gasteiger partial charge is 0.416 e. The Balaban J connectivity index is 1.28. The molecule has 0 aliphatic carbocycles. The number of likely N-dealkylation sites (tertiary alicyclic amines) is 1. The number of hydrogen-bond donors (Lipinski definition) is 7. The molecule has 0 radical (unpaired) electrons. The van der Waals surface area contributed by atoms with Gasteiger partial charge in [-0.2, -0.15) is 13.2 Å². The topological polar surface area (TPSA) is 210 Å². The highest BCUT2D eigenvalue weighted by atomic mass is 19.4. The van der Waals surface area contributed by atoms with Gasteiger partial charge in [-0.3, -0.25) is 30.1 Å². The summed E-state index contributed by atoms with van der Waals surface area (Å²) in [5, 5.41) is 27.9. The molecule has 3 amide bonds. The predicted octanol–water partition coefficient (Wildman–Crippen LogP) is -3.75. The van der Waals surface area contributed by atoms with Crippen LogP contribution in [0.4, 0.5) is 18.0 Å². The molecule has 2 fully saturated rings. The first-order chi connectivity index (χ1) is 18.7. The lowest BCUT2D eigenvalue weighted by Crippen LogP contribution is -2.90. The van der Waals surface area contributed by atoms with Crippen molar-refractivity contribution in [1.82, 2.24) is 20.4 Å². The van der Waals surface area contributed by atoms with E-state index in [0.29, 0.717) is 5.56 Å². The Morgan fingerprint density at radius 2 is 1.95 bits per heavy atom. The zero-order chi connectivity index (χ0) is 29.0. The van der Waals surface area contributed by atoms with Gasteiger partial charge in [0.25, 0.3) is 11.4 Å². The second-order valence-electron chi connectivity index (χ2n) is 9.99. The molecule has 4 aliphatic heterocycles. The minimum Gasteiger partial charge on any atom is -0.438 e. The van der Waals surface area contributed by atoms with Crippen LogP contribution in [0.25, 0.3) is 0 Å². The predicted molar refractivity (Wildman–Crippen MR) is 128 cm³/mol. The van der Waals surface area contributed by atoms with Crippen LogP contribution in [-0.2, 0) is 26.9 Å². The molecule has 14 nitrogen and oxygen atoms in total. The van der Waals surface area contributed by atoms with Crippen LogP contribution in [0.3, 0.4) is 0 Å². The van der Waals surface area contributed by atoms with Crippen molar-refractivity contribution < 1.29 is 47.5 Å². The lowest BCUT2D eigenvalue weighted by atomic mass is 9.85. The van der Waals surface area contributed by atoms with Crippen molar-refractivity contribution in [3.05, 3.63) is 35.4 Å². The standard InChI is InChI=1S/C23H27F3N8O6/c24-23(25,26)12-3-1-2-11(8-12)6-7-29-20(37)40-14-10-34-19(28)30-13(9-33-15(35)4-5-16(33)36)17-21(34,22(14,38)39)32-18(27)31-17/h1-3,8,13-14,17,38-39H,4-7,9-10H2,(H2,28,30)(H,29,37)(H3,27,31,32)/p+1/t13-,14-,17-,21?/m0/s1. The first-order valence-electron chi connectivity index (χ1n) is 12.4. The third-order valence-electron chi connectivity index (χ3n) is 7.54. The molecule has 1 aromatic rings. The number of benzene rings is 1. The summed E-state index contributed by atoms with van der Waals surface area (Å²) in [7, 11) is 0. The Morgan fingerprint density at radius 1 is 1.25 bits per heavy atom. The molecule has 0 aromatic heterocycles. The van der Waals surface area contributed by atoms with Crippen molar-refractivity contribution >= 4 is 29.8 Å². The van der Waals surface area contributed by atoms with E-state index in [1.807, 2.05) is 0 Å². The summed E-state index contributed by atoms with van der Waals surface area (Å²) in [6, 6.07) is 2.68. The number of ether oxygens (including phenoxy) is 1. The van der Waals surface area contributed by atoms with Crippen LogP contribution in [0.15, 0.2) is 29.3 Å². The largest absolute Gasteiger partial charge is 0.438 e. The molecule has 216 valence electrons. The number of guanidine groups is 2. The van der Waals surface area contributed by atoms with Crippen molar-refractivity contribution in [2.45, 2.75) is 55.1 Å². The Morgan fingerprint density at radius 3 is 2.62 bits per heavy atom. The highest BCUT2D eigenvalue weighted by Crippen LogP contribution is 2.42. The fourth-order valence-corrected chi connectivity index (χ4v) is 5.65. The Kier molecular flexibility index (Phi) is 6.53. The van der Waals surface area contributed by atoms with E-state index in [0.717, 1.165) is 17.0 Å². The molecule has 4 atom stereocenters. The van der Waals surface area contributed by atoms with E-state index in [4.69, 9.17) is 16.2 Å². The van der Waals surface area contributed by atoms with Crippen molar-refractivity contribution in [2.75, 3.05) is 19.6 Å². The molecule has 0 bridgehead atoms. The van der Waals surface area contributed by atoms with E-state index in [2.05, 4.69) is 20.6 Å². The highest BCUT2D eigenvalue weighted by molar-refractivity contribution is 6.02. The zero-order valence-electron chi connectivity index (χ0n) is 20.9. The first kappa shape index (κ1) is 27.4. The Labute approximate surface area is 224 Å². The molecule has 17 heteroatoms. The van der Waals surface area contributed by atoms with E-state index >= 15 is 0 Å². The van der Waals surface area contributed by atoms with Gasteiger partial charge in [0.1, 0.15) is 6.04 Å². The number of hydrogen-bond acceptors (Lipinski definition) is 11. The second kappa shape index (κ2) is 9.51. The minimum absolute atomic E-state index is 0.0509. The van der Waals surface area contributed by atoms with Crippen molar-refractivity contribution in [3.63, 3.8) is 0 Å². The van der Waals surface area contributed by atoms with Gasteiger partial charge < -0.3 is 26.0 Å². The molecule has 0 saturated carbocycles. The molecule has 4 aliphatic rings. The van der Waals surface area contributed by atoms with Gasteiger partial charge in [-0.15, -0.1) is 0 Å². The second-order valence-corrected chi connectivity index (χ2v) is 9.99. The summed E-state index contributed by atoms with van der Waals surface area (Å²) in [6.07, 6.45) is -7.00. The van der Waals surface area contributed by atoms with Gasteiger partial charge in [-0.1, -0.05) is 18.2 Å². The summed E-state index contributed by atoms with van der Waals surface area (Å²) >= 11 is 0. The Hall–Kier alpha value is -4.12. The normalized spacial score (nSPS) is 29.0. The maximum absolute atomic E-state index is 12.9. The Bertz CT molecular complexity index is 1290. The number of imide groups is 1. The number of amides is 3. The third-order valence-corrected chi connectivity index (χ3v) is 7.54. The van der Waals surface area contributed by atoms with Gasteiger partial charge in [0.2, 0.25) is 11.8 Å². The zero-order valence-corrected chi connectivity index (χ0v) is 20.9. The monoisotopic (exact) mass is 569 g/mol. The molecule has 1 unspecified atom stereocenters. The van der Waals surface area contributed by atoms with Gasteiger partial charge in [0.05, 0.1) is 18.7 Å². The number of carbonyl (C=O) groups excluding carboxylic acids is 3.